The number of hydrogen-bond donors (Lipinski definition) is 1. The minimum Gasteiger partial charge on any atom is -0.496 e. The first kappa shape index (κ1) is 15.1. The summed E-state index contributed by atoms with van der Waals surface area (Å²) in [5.41, 5.74) is 0.906. The van der Waals surface area contributed by atoms with E-state index in [2.05, 4.69) is 20.7 Å². The van der Waals surface area contributed by atoms with Crippen molar-refractivity contribution in [3.05, 3.63) is 46.7 Å². The van der Waals surface area contributed by atoms with Crippen LogP contribution in [0.5, 0.6) is 5.75 Å². The van der Waals surface area contributed by atoms with E-state index in [-0.39, 0.29) is 11.4 Å². The fourth-order valence-electron chi connectivity index (χ4n) is 1.74. The third kappa shape index (κ3) is 3.41. The van der Waals surface area contributed by atoms with Gasteiger partial charge < -0.3 is 9.30 Å². The quantitative estimate of drug-likeness (QED) is 0.891. The second kappa shape index (κ2) is 5.99. The van der Waals surface area contributed by atoms with Crippen LogP contribution in [-0.4, -0.2) is 20.1 Å². The topological polar surface area (TPSA) is 60.3 Å². The van der Waals surface area contributed by atoms with Crippen molar-refractivity contribution >= 4 is 26.0 Å². The van der Waals surface area contributed by atoms with E-state index in [0.717, 1.165) is 5.56 Å². The predicted octanol–water partition coefficient (Wildman–Crippen LogP) is 2.27. The van der Waals surface area contributed by atoms with Crippen molar-refractivity contribution in [1.82, 2.24) is 9.29 Å². The Morgan fingerprint density at radius 3 is 2.65 bits per heavy atom. The van der Waals surface area contributed by atoms with E-state index < -0.39 is 10.0 Å². The molecule has 0 fully saturated rings. The molecule has 0 saturated heterocycles. The summed E-state index contributed by atoms with van der Waals surface area (Å²) in [7, 11) is -0.124. The van der Waals surface area contributed by atoms with Crippen LogP contribution in [0.3, 0.4) is 0 Å². The van der Waals surface area contributed by atoms with Gasteiger partial charge in [-0.15, -0.1) is 0 Å². The maximum atomic E-state index is 12.2. The lowest BCUT2D eigenvalue weighted by atomic mass is 10.3. The molecule has 2 aromatic rings. The molecular weight excluding hydrogens is 344 g/mol. The molecule has 0 amide bonds. The van der Waals surface area contributed by atoms with Gasteiger partial charge in [0.25, 0.3) is 0 Å². The van der Waals surface area contributed by atoms with E-state index in [9.17, 15) is 8.42 Å². The maximum absolute atomic E-state index is 12.2. The molecule has 5 nitrogen and oxygen atoms in total. The Kier molecular flexibility index (Phi) is 4.52. The largest absolute Gasteiger partial charge is 0.496 e. The van der Waals surface area contributed by atoms with Crippen molar-refractivity contribution in [1.29, 1.82) is 0 Å². The standard InChI is InChI=1S/C13H15BrN2O3S/c1-16-6-5-10(9-16)8-15-20(17,18)11-3-4-13(19-2)12(14)7-11/h3-7,9,15H,8H2,1-2H3. The summed E-state index contributed by atoms with van der Waals surface area (Å²) in [4.78, 5) is 0.195. The molecule has 1 N–H and O–H groups in total. The smallest absolute Gasteiger partial charge is 0.240 e. The lowest BCUT2D eigenvalue weighted by molar-refractivity contribution is 0.411. The molecule has 0 spiro atoms. The zero-order chi connectivity index (χ0) is 14.8. The number of hydrogen-bond acceptors (Lipinski definition) is 3. The van der Waals surface area contributed by atoms with Gasteiger partial charge in [-0.05, 0) is 45.8 Å². The van der Waals surface area contributed by atoms with Crippen LogP contribution in [0.15, 0.2) is 46.0 Å². The van der Waals surface area contributed by atoms with Gasteiger partial charge in [-0.2, -0.15) is 0 Å². The van der Waals surface area contributed by atoms with Gasteiger partial charge in [0.15, 0.2) is 0 Å². The Morgan fingerprint density at radius 1 is 1.35 bits per heavy atom. The number of aromatic nitrogens is 1. The molecule has 108 valence electrons. The van der Waals surface area contributed by atoms with Crippen LogP contribution < -0.4 is 9.46 Å². The summed E-state index contributed by atoms with van der Waals surface area (Å²) < 4.78 is 34.5. The molecule has 0 aliphatic heterocycles. The van der Waals surface area contributed by atoms with Crippen LogP contribution in [0.4, 0.5) is 0 Å². The van der Waals surface area contributed by atoms with Gasteiger partial charge >= 0.3 is 0 Å². The van der Waals surface area contributed by atoms with Crippen LogP contribution >= 0.6 is 15.9 Å². The van der Waals surface area contributed by atoms with Crippen molar-refractivity contribution in [2.24, 2.45) is 7.05 Å². The van der Waals surface area contributed by atoms with Gasteiger partial charge in [0.1, 0.15) is 5.75 Å². The molecule has 1 aromatic heterocycles. The Balaban J connectivity index is 2.15. The molecular formula is C13H15BrN2O3S. The molecule has 20 heavy (non-hydrogen) atoms. The summed E-state index contributed by atoms with van der Waals surface area (Å²) in [5, 5.41) is 0. The Morgan fingerprint density at radius 2 is 2.10 bits per heavy atom. The summed E-state index contributed by atoms with van der Waals surface area (Å²) in [6, 6.07) is 6.51. The molecule has 7 heteroatoms. The SMILES string of the molecule is COc1ccc(S(=O)(=O)NCc2ccn(C)c2)cc1Br. The summed E-state index contributed by atoms with van der Waals surface area (Å²) >= 11 is 3.28. The van der Waals surface area contributed by atoms with Gasteiger partial charge in [0.05, 0.1) is 16.5 Å². The normalized spacial score (nSPS) is 11.6. The maximum Gasteiger partial charge on any atom is 0.240 e. The van der Waals surface area contributed by atoms with Gasteiger partial charge in [0, 0.05) is 26.0 Å². The number of methoxy groups -OCH3 is 1. The predicted molar refractivity (Wildman–Crippen MR) is 80.1 cm³/mol. The minimum absolute atomic E-state index is 0.195. The highest BCUT2D eigenvalue weighted by Gasteiger charge is 2.15. The number of ether oxygens (including phenoxy) is 1. The molecule has 1 heterocycles. The van der Waals surface area contributed by atoms with E-state index in [0.29, 0.717) is 10.2 Å². The highest BCUT2D eigenvalue weighted by atomic mass is 79.9. The van der Waals surface area contributed by atoms with E-state index in [1.165, 1.54) is 19.2 Å². The van der Waals surface area contributed by atoms with Crippen molar-refractivity contribution in [3.8, 4) is 5.75 Å². The number of sulfonamides is 1. The Labute approximate surface area is 126 Å². The van der Waals surface area contributed by atoms with Crippen molar-refractivity contribution in [3.63, 3.8) is 0 Å². The second-order valence-electron chi connectivity index (χ2n) is 4.31. The minimum atomic E-state index is -3.54. The van der Waals surface area contributed by atoms with Crippen LogP contribution in [0, 0.1) is 0 Å². The summed E-state index contributed by atoms with van der Waals surface area (Å²) in [6.45, 7) is 0.257. The summed E-state index contributed by atoms with van der Waals surface area (Å²) in [5.74, 6) is 0.590. The van der Waals surface area contributed by atoms with E-state index in [4.69, 9.17) is 4.74 Å². The van der Waals surface area contributed by atoms with Crippen LogP contribution in [0.2, 0.25) is 0 Å². The third-order valence-electron chi connectivity index (χ3n) is 2.79. The van der Waals surface area contributed by atoms with Crippen LogP contribution in [0.25, 0.3) is 0 Å². The fraction of sp³-hybridized carbons (Fsp3) is 0.231. The monoisotopic (exact) mass is 358 g/mol. The highest BCUT2D eigenvalue weighted by Crippen LogP contribution is 2.27. The molecule has 0 bridgehead atoms. The van der Waals surface area contributed by atoms with Gasteiger partial charge in [-0.25, -0.2) is 13.1 Å². The number of nitrogens with zero attached hydrogens (tertiary/aromatic N) is 1. The van der Waals surface area contributed by atoms with Gasteiger partial charge in [-0.1, -0.05) is 0 Å². The van der Waals surface area contributed by atoms with Gasteiger partial charge in [-0.3, -0.25) is 0 Å². The highest BCUT2D eigenvalue weighted by molar-refractivity contribution is 9.10. The molecule has 0 aliphatic rings. The molecule has 0 atom stereocenters. The van der Waals surface area contributed by atoms with E-state index >= 15 is 0 Å². The molecule has 0 saturated carbocycles. The molecule has 0 radical (unpaired) electrons. The van der Waals surface area contributed by atoms with Gasteiger partial charge in [0.2, 0.25) is 10.0 Å². The first-order chi connectivity index (χ1) is 9.42. The Bertz CT molecular complexity index is 710. The van der Waals surface area contributed by atoms with Crippen molar-refractivity contribution in [2.45, 2.75) is 11.4 Å². The number of rotatable bonds is 5. The number of benzene rings is 1. The average molecular weight is 359 g/mol. The molecule has 0 unspecified atom stereocenters. The number of halogens is 1. The lowest BCUT2D eigenvalue weighted by Gasteiger charge is -2.08. The van der Waals surface area contributed by atoms with Crippen molar-refractivity contribution in [2.75, 3.05) is 7.11 Å². The zero-order valence-electron chi connectivity index (χ0n) is 11.1. The third-order valence-corrected chi connectivity index (χ3v) is 4.81. The molecule has 0 aliphatic carbocycles. The summed E-state index contributed by atoms with van der Waals surface area (Å²) in [6.07, 6.45) is 3.74. The fourth-order valence-corrected chi connectivity index (χ4v) is 3.48. The van der Waals surface area contributed by atoms with Crippen LogP contribution in [-0.2, 0) is 23.6 Å². The number of aryl methyl sites for hydroxylation is 1. The molecule has 1 aromatic carbocycles. The zero-order valence-corrected chi connectivity index (χ0v) is 13.5. The Hall–Kier alpha value is -1.31. The lowest BCUT2D eigenvalue weighted by Crippen LogP contribution is -2.23. The van der Waals surface area contributed by atoms with Crippen LogP contribution in [0.1, 0.15) is 5.56 Å². The average Bonchev–Trinajstić information content (AvgIpc) is 2.82. The first-order valence-electron chi connectivity index (χ1n) is 5.86. The molecule has 2 rings (SSSR count). The first-order valence-corrected chi connectivity index (χ1v) is 8.14. The van der Waals surface area contributed by atoms with Crippen molar-refractivity contribution < 1.29 is 13.2 Å². The van der Waals surface area contributed by atoms with E-state index in [1.807, 2.05) is 30.1 Å². The number of nitrogens with one attached hydrogen (secondary N) is 1. The second-order valence-corrected chi connectivity index (χ2v) is 6.93. The van der Waals surface area contributed by atoms with E-state index in [1.54, 1.807) is 6.07 Å².